The van der Waals surface area contributed by atoms with Crippen molar-refractivity contribution in [1.82, 2.24) is 14.9 Å². The number of carbonyl (C=O) groups is 1. The molecule has 2 aliphatic heterocycles. The standard InChI is InChI=1S/C18H29BN4O5/c1-17(2)18(3,4)28-19(27-17)12-8-20-16(21-9-12)22(5)13-6-7-23(10-13)15(26)14(25)11-24/h8-9,13-14,24-25H,6-7,10-11H2,1-5H3/t13-,14-/m1/s1. The fourth-order valence-electron chi connectivity index (χ4n) is 3.32. The van der Waals surface area contributed by atoms with Crippen LogP contribution in [0.1, 0.15) is 34.1 Å². The molecule has 0 saturated carbocycles. The third-order valence-corrected chi connectivity index (χ3v) is 5.98. The van der Waals surface area contributed by atoms with E-state index < -0.39 is 36.9 Å². The van der Waals surface area contributed by atoms with E-state index in [1.807, 2.05) is 39.6 Å². The van der Waals surface area contributed by atoms with E-state index >= 15 is 0 Å². The van der Waals surface area contributed by atoms with Crippen LogP contribution in [0.15, 0.2) is 12.4 Å². The number of rotatable bonds is 5. The van der Waals surface area contributed by atoms with Gasteiger partial charge in [0.2, 0.25) is 5.95 Å². The van der Waals surface area contributed by atoms with E-state index in [4.69, 9.17) is 14.4 Å². The topological polar surface area (TPSA) is 108 Å². The van der Waals surface area contributed by atoms with Gasteiger partial charge in [0.25, 0.3) is 5.91 Å². The van der Waals surface area contributed by atoms with E-state index in [0.717, 1.165) is 11.9 Å². The monoisotopic (exact) mass is 392 g/mol. The first-order valence-electron chi connectivity index (χ1n) is 9.54. The van der Waals surface area contributed by atoms with Gasteiger partial charge in [-0.25, -0.2) is 9.97 Å². The smallest absolute Gasteiger partial charge is 0.399 e. The molecule has 1 aromatic rings. The van der Waals surface area contributed by atoms with Crippen LogP contribution in [0.5, 0.6) is 0 Å². The summed E-state index contributed by atoms with van der Waals surface area (Å²) in [7, 11) is 1.37. The van der Waals surface area contributed by atoms with Crippen molar-refractivity contribution in [2.75, 3.05) is 31.6 Å². The van der Waals surface area contributed by atoms with Crippen LogP contribution in [0, 0.1) is 0 Å². The summed E-state index contributed by atoms with van der Waals surface area (Å²) in [4.78, 5) is 24.4. The Balaban J connectivity index is 1.64. The van der Waals surface area contributed by atoms with Crippen molar-refractivity contribution in [3.63, 3.8) is 0 Å². The van der Waals surface area contributed by atoms with Crippen LogP contribution in [-0.2, 0) is 14.1 Å². The van der Waals surface area contributed by atoms with Crippen LogP contribution >= 0.6 is 0 Å². The average Bonchev–Trinajstić information content (AvgIpc) is 3.22. The molecule has 2 N–H and O–H groups in total. The number of amides is 1. The molecule has 0 aliphatic carbocycles. The zero-order valence-corrected chi connectivity index (χ0v) is 17.1. The Kier molecular flexibility index (Phi) is 5.68. The molecule has 28 heavy (non-hydrogen) atoms. The summed E-state index contributed by atoms with van der Waals surface area (Å²) < 4.78 is 12.0. The van der Waals surface area contributed by atoms with Crippen molar-refractivity contribution in [2.45, 2.75) is 57.5 Å². The van der Waals surface area contributed by atoms with Gasteiger partial charge in [-0.2, -0.15) is 0 Å². The Bertz CT molecular complexity index is 698. The van der Waals surface area contributed by atoms with Gasteiger partial charge in [-0.1, -0.05) is 0 Å². The molecule has 3 rings (SSSR count). The highest BCUT2D eigenvalue weighted by Crippen LogP contribution is 2.36. The van der Waals surface area contributed by atoms with Gasteiger partial charge in [0.05, 0.1) is 23.9 Å². The molecular weight excluding hydrogens is 363 g/mol. The lowest BCUT2D eigenvalue weighted by atomic mass is 9.81. The molecule has 2 saturated heterocycles. The summed E-state index contributed by atoms with van der Waals surface area (Å²) in [5, 5.41) is 18.5. The van der Waals surface area contributed by atoms with E-state index in [9.17, 15) is 9.90 Å². The fraction of sp³-hybridized carbons (Fsp3) is 0.722. The molecule has 0 radical (unpaired) electrons. The molecule has 154 valence electrons. The van der Waals surface area contributed by atoms with Crippen molar-refractivity contribution in [1.29, 1.82) is 0 Å². The second-order valence-electron chi connectivity index (χ2n) is 8.44. The summed E-state index contributed by atoms with van der Waals surface area (Å²) in [6.07, 6.45) is 2.78. The number of carbonyl (C=O) groups excluding carboxylic acids is 1. The first-order valence-corrected chi connectivity index (χ1v) is 9.54. The van der Waals surface area contributed by atoms with Crippen LogP contribution in [0.3, 0.4) is 0 Å². The Hall–Kier alpha value is -1.75. The molecule has 1 amide bonds. The van der Waals surface area contributed by atoms with Gasteiger partial charge in [-0.05, 0) is 34.1 Å². The van der Waals surface area contributed by atoms with Gasteiger partial charge >= 0.3 is 7.12 Å². The number of likely N-dealkylation sites (N-methyl/N-ethyl adjacent to an activating group) is 1. The molecule has 2 fully saturated rings. The first kappa shape index (κ1) is 21.0. The van der Waals surface area contributed by atoms with E-state index in [2.05, 4.69) is 9.97 Å². The van der Waals surface area contributed by atoms with Gasteiger partial charge in [0.15, 0.2) is 6.10 Å². The highest BCUT2D eigenvalue weighted by Gasteiger charge is 2.52. The molecular formula is C18H29BN4O5. The third-order valence-electron chi connectivity index (χ3n) is 5.98. The quantitative estimate of drug-likeness (QED) is 0.625. The maximum absolute atomic E-state index is 12.0. The molecule has 0 aromatic carbocycles. The minimum atomic E-state index is -1.36. The number of hydrogen-bond donors (Lipinski definition) is 2. The zero-order valence-electron chi connectivity index (χ0n) is 17.1. The number of hydrogen-bond acceptors (Lipinski definition) is 8. The average molecular weight is 392 g/mol. The third kappa shape index (κ3) is 3.87. The largest absolute Gasteiger partial charge is 0.498 e. The number of aliphatic hydroxyl groups is 2. The molecule has 10 heteroatoms. The predicted molar refractivity (Wildman–Crippen MR) is 104 cm³/mol. The lowest BCUT2D eigenvalue weighted by Crippen LogP contribution is -2.42. The molecule has 0 spiro atoms. The van der Waals surface area contributed by atoms with Crippen LogP contribution in [0.25, 0.3) is 0 Å². The van der Waals surface area contributed by atoms with Crippen LogP contribution in [0.4, 0.5) is 5.95 Å². The fourth-order valence-corrected chi connectivity index (χ4v) is 3.32. The molecule has 0 bridgehead atoms. The van der Waals surface area contributed by atoms with Gasteiger partial charge in [0.1, 0.15) is 0 Å². The number of anilines is 1. The number of aromatic nitrogens is 2. The van der Waals surface area contributed by atoms with E-state index in [0.29, 0.717) is 19.0 Å². The van der Waals surface area contributed by atoms with Gasteiger partial charge in [-0.3, -0.25) is 4.79 Å². The van der Waals surface area contributed by atoms with Crippen LogP contribution in [-0.4, -0.2) is 88.2 Å². The zero-order chi connectivity index (χ0) is 20.7. The first-order chi connectivity index (χ1) is 13.1. The molecule has 0 unspecified atom stereocenters. The van der Waals surface area contributed by atoms with Gasteiger partial charge in [-0.15, -0.1) is 0 Å². The Morgan fingerprint density at radius 3 is 2.43 bits per heavy atom. The maximum Gasteiger partial charge on any atom is 0.498 e. The van der Waals surface area contributed by atoms with Crippen LogP contribution in [0.2, 0.25) is 0 Å². The Labute approximate surface area is 165 Å². The molecule has 1 aromatic heterocycles. The minimum absolute atomic E-state index is 0.0394. The molecule has 2 aliphatic rings. The highest BCUT2D eigenvalue weighted by atomic mass is 16.7. The summed E-state index contributed by atoms with van der Waals surface area (Å²) in [5.41, 5.74) is -0.0943. The van der Waals surface area contributed by atoms with Gasteiger partial charge < -0.3 is 29.3 Å². The van der Waals surface area contributed by atoms with Gasteiger partial charge in [0, 0.05) is 38.0 Å². The van der Waals surface area contributed by atoms with Crippen molar-refractivity contribution in [3.8, 4) is 0 Å². The lowest BCUT2D eigenvalue weighted by molar-refractivity contribution is -0.141. The van der Waals surface area contributed by atoms with Crippen molar-refractivity contribution in [3.05, 3.63) is 12.4 Å². The molecule has 3 heterocycles. The molecule has 9 nitrogen and oxygen atoms in total. The number of aliphatic hydroxyl groups excluding tert-OH is 2. The predicted octanol–water partition coefficient (Wildman–Crippen LogP) is -0.834. The van der Waals surface area contributed by atoms with E-state index in [1.54, 1.807) is 17.3 Å². The van der Waals surface area contributed by atoms with E-state index in [1.165, 1.54) is 0 Å². The second kappa shape index (κ2) is 7.59. The summed E-state index contributed by atoms with van der Waals surface area (Å²) >= 11 is 0. The Morgan fingerprint density at radius 1 is 1.32 bits per heavy atom. The second-order valence-corrected chi connectivity index (χ2v) is 8.44. The summed E-state index contributed by atoms with van der Waals surface area (Å²) in [6, 6.07) is 0.0394. The SMILES string of the molecule is CN(c1ncc(B2OC(C)(C)C(C)(C)O2)cn1)[C@@H]1CCN(C(=O)[C@H](O)CO)C1. The summed E-state index contributed by atoms with van der Waals surface area (Å²) in [5.74, 6) is 0.0951. The van der Waals surface area contributed by atoms with Crippen LogP contribution < -0.4 is 10.4 Å². The number of nitrogens with zero attached hydrogens (tertiary/aromatic N) is 4. The highest BCUT2D eigenvalue weighted by molar-refractivity contribution is 6.61. The van der Waals surface area contributed by atoms with Crippen molar-refractivity contribution < 1.29 is 24.3 Å². The van der Waals surface area contributed by atoms with Crippen molar-refractivity contribution >= 4 is 24.4 Å². The number of likely N-dealkylation sites (tertiary alicyclic amines) is 1. The van der Waals surface area contributed by atoms with E-state index in [-0.39, 0.29) is 6.04 Å². The minimum Gasteiger partial charge on any atom is -0.399 e. The normalized spacial score (nSPS) is 24.5. The summed E-state index contributed by atoms with van der Waals surface area (Å²) in [6.45, 7) is 8.40. The van der Waals surface area contributed by atoms with Crippen molar-refractivity contribution in [2.24, 2.45) is 0 Å². The maximum atomic E-state index is 12.0. The molecule has 2 atom stereocenters. The Morgan fingerprint density at radius 2 is 1.89 bits per heavy atom. The lowest BCUT2D eigenvalue weighted by Gasteiger charge is -2.32.